The number of likely N-dealkylation sites (tertiary alicyclic amines) is 1. The van der Waals surface area contributed by atoms with E-state index in [1.807, 2.05) is 24.3 Å². The molecule has 0 saturated carbocycles. The van der Waals surface area contributed by atoms with Crippen LogP contribution in [-0.4, -0.2) is 41.9 Å². The van der Waals surface area contributed by atoms with Crippen molar-refractivity contribution in [3.63, 3.8) is 0 Å². The van der Waals surface area contributed by atoms with Gasteiger partial charge in [-0.2, -0.15) is 0 Å². The van der Waals surface area contributed by atoms with Crippen molar-refractivity contribution in [2.45, 2.75) is 44.9 Å². The lowest BCUT2D eigenvalue weighted by molar-refractivity contribution is -0.134. The Labute approximate surface area is 168 Å². The summed E-state index contributed by atoms with van der Waals surface area (Å²) in [6.45, 7) is 3.78. The Kier molecular flexibility index (Phi) is 7.20. The molecule has 1 aliphatic rings. The standard InChI is InChI=1S/C23H32N4O/c1-26-12-10-22(11-13-26)27(17-21-8-6-20(16-25)7-9-21)23(28)14-18-2-4-19(15-24)5-3-18/h2-9,22H,10-17,24-25H2,1H3. The predicted molar refractivity (Wildman–Crippen MR) is 113 cm³/mol. The third-order valence-corrected chi connectivity index (χ3v) is 5.67. The molecule has 0 atom stereocenters. The largest absolute Gasteiger partial charge is 0.335 e. The molecule has 28 heavy (non-hydrogen) atoms. The summed E-state index contributed by atoms with van der Waals surface area (Å²) in [6, 6.07) is 16.6. The number of hydrogen-bond donors (Lipinski definition) is 2. The lowest BCUT2D eigenvalue weighted by Crippen LogP contribution is -2.46. The molecule has 1 saturated heterocycles. The van der Waals surface area contributed by atoms with E-state index in [9.17, 15) is 4.79 Å². The summed E-state index contributed by atoms with van der Waals surface area (Å²) < 4.78 is 0. The Balaban J connectivity index is 1.74. The zero-order chi connectivity index (χ0) is 19.9. The second kappa shape index (κ2) is 9.82. The van der Waals surface area contributed by atoms with Crippen LogP contribution in [0.25, 0.3) is 0 Å². The van der Waals surface area contributed by atoms with E-state index >= 15 is 0 Å². The lowest BCUT2D eigenvalue weighted by Gasteiger charge is -2.37. The first-order chi connectivity index (χ1) is 13.6. The van der Waals surface area contributed by atoms with Gasteiger partial charge in [-0.05, 0) is 55.2 Å². The molecule has 0 aromatic heterocycles. The molecule has 0 unspecified atom stereocenters. The van der Waals surface area contributed by atoms with Gasteiger partial charge < -0.3 is 21.3 Å². The number of nitrogens with two attached hydrogens (primary N) is 2. The van der Waals surface area contributed by atoms with E-state index < -0.39 is 0 Å². The molecule has 150 valence electrons. The van der Waals surface area contributed by atoms with Crippen LogP contribution in [0.1, 0.15) is 35.1 Å². The summed E-state index contributed by atoms with van der Waals surface area (Å²) in [7, 11) is 2.15. The molecule has 0 radical (unpaired) electrons. The number of rotatable bonds is 7. The quantitative estimate of drug-likeness (QED) is 0.773. The fourth-order valence-corrected chi connectivity index (χ4v) is 3.77. The summed E-state index contributed by atoms with van der Waals surface area (Å²) in [5, 5.41) is 0. The number of hydrogen-bond acceptors (Lipinski definition) is 4. The molecule has 1 aliphatic heterocycles. The van der Waals surface area contributed by atoms with E-state index in [0.29, 0.717) is 32.1 Å². The molecular weight excluding hydrogens is 348 g/mol. The minimum absolute atomic E-state index is 0.193. The Morgan fingerprint density at radius 1 is 0.893 bits per heavy atom. The van der Waals surface area contributed by atoms with Crippen LogP contribution in [-0.2, 0) is 30.8 Å². The maximum atomic E-state index is 13.2. The van der Waals surface area contributed by atoms with Gasteiger partial charge in [0.15, 0.2) is 0 Å². The number of nitrogens with zero attached hydrogens (tertiary/aromatic N) is 2. The van der Waals surface area contributed by atoms with Gasteiger partial charge >= 0.3 is 0 Å². The second-order valence-corrected chi connectivity index (χ2v) is 7.77. The molecular formula is C23H32N4O. The Morgan fingerprint density at radius 3 is 1.86 bits per heavy atom. The van der Waals surface area contributed by atoms with Crippen LogP contribution in [0.3, 0.4) is 0 Å². The van der Waals surface area contributed by atoms with Gasteiger partial charge in [0.2, 0.25) is 5.91 Å². The summed E-state index contributed by atoms with van der Waals surface area (Å²) in [5.74, 6) is 0.193. The average Bonchev–Trinajstić information content (AvgIpc) is 2.73. The van der Waals surface area contributed by atoms with Crippen molar-refractivity contribution in [2.75, 3.05) is 20.1 Å². The SMILES string of the molecule is CN1CCC(N(Cc2ccc(CN)cc2)C(=O)Cc2ccc(CN)cc2)CC1. The first kappa shape index (κ1) is 20.5. The van der Waals surface area contributed by atoms with Crippen molar-refractivity contribution >= 4 is 5.91 Å². The van der Waals surface area contributed by atoms with E-state index in [1.165, 1.54) is 0 Å². The number of carbonyl (C=O) groups excluding carboxylic acids is 1. The molecule has 5 nitrogen and oxygen atoms in total. The van der Waals surface area contributed by atoms with Crippen molar-refractivity contribution in [1.29, 1.82) is 0 Å². The predicted octanol–water partition coefficient (Wildman–Crippen LogP) is 2.27. The molecule has 2 aromatic carbocycles. The zero-order valence-corrected chi connectivity index (χ0v) is 16.8. The molecule has 1 heterocycles. The molecule has 3 rings (SSSR count). The molecule has 4 N–H and O–H groups in total. The highest BCUT2D eigenvalue weighted by Gasteiger charge is 2.27. The van der Waals surface area contributed by atoms with Gasteiger partial charge in [0, 0.05) is 25.7 Å². The van der Waals surface area contributed by atoms with Gasteiger partial charge in [0.1, 0.15) is 0 Å². The van der Waals surface area contributed by atoms with Gasteiger partial charge in [-0.15, -0.1) is 0 Å². The number of piperidine rings is 1. The van der Waals surface area contributed by atoms with Crippen molar-refractivity contribution < 1.29 is 4.79 Å². The normalized spacial score (nSPS) is 15.5. The van der Waals surface area contributed by atoms with E-state index in [1.54, 1.807) is 0 Å². The molecule has 0 bridgehead atoms. The maximum Gasteiger partial charge on any atom is 0.227 e. The van der Waals surface area contributed by atoms with Crippen molar-refractivity contribution in [3.8, 4) is 0 Å². The van der Waals surface area contributed by atoms with Crippen LogP contribution in [0.2, 0.25) is 0 Å². The van der Waals surface area contributed by atoms with E-state index in [-0.39, 0.29) is 5.91 Å². The van der Waals surface area contributed by atoms with Gasteiger partial charge in [0.25, 0.3) is 0 Å². The second-order valence-electron chi connectivity index (χ2n) is 7.77. The van der Waals surface area contributed by atoms with Gasteiger partial charge in [-0.3, -0.25) is 4.79 Å². The van der Waals surface area contributed by atoms with Crippen molar-refractivity contribution in [3.05, 3.63) is 70.8 Å². The molecule has 2 aromatic rings. The van der Waals surface area contributed by atoms with Crippen LogP contribution in [0.5, 0.6) is 0 Å². The summed E-state index contributed by atoms with van der Waals surface area (Å²) in [5.41, 5.74) is 15.8. The first-order valence-electron chi connectivity index (χ1n) is 10.1. The van der Waals surface area contributed by atoms with Gasteiger partial charge in [-0.25, -0.2) is 0 Å². The summed E-state index contributed by atoms with van der Waals surface area (Å²) >= 11 is 0. The van der Waals surface area contributed by atoms with E-state index in [4.69, 9.17) is 11.5 Å². The number of benzene rings is 2. The average molecular weight is 381 g/mol. The van der Waals surface area contributed by atoms with Crippen LogP contribution in [0.4, 0.5) is 0 Å². The topological polar surface area (TPSA) is 75.6 Å². The molecule has 0 aliphatic carbocycles. The van der Waals surface area contributed by atoms with Crippen LogP contribution < -0.4 is 11.5 Å². The fourth-order valence-electron chi connectivity index (χ4n) is 3.77. The summed E-state index contributed by atoms with van der Waals surface area (Å²) in [6.07, 6.45) is 2.47. The molecule has 1 amide bonds. The van der Waals surface area contributed by atoms with Crippen molar-refractivity contribution in [1.82, 2.24) is 9.80 Å². The Morgan fingerprint density at radius 2 is 1.36 bits per heavy atom. The highest BCUT2D eigenvalue weighted by molar-refractivity contribution is 5.79. The van der Waals surface area contributed by atoms with Crippen molar-refractivity contribution in [2.24, 2.45) is 11.5 Å². The number of carbonyl (C=O) groups is 1. The van der Waals surface area contributed by atoms with Gasteiger partial charge in [0.05, 0.1) is 6.42 Å². The number of amides is 1. The lowest BCUT2D eigenvalue weighted by atomic mass is 10.0. The first-order valence-corrected chi connectivity index (χ1v) is 10.1. The highest BCUT2D eigenvalue weighted by atomic mass is 16.2. The minimum atomic E-state index is 0.193. The third-order valence-electron chi connectivity index (χ3n) is 5.67. The van der Waals surface area contributed by atoms with Crippen LogP contribution in [0, 0.1) is 0 Å². The van der Waals surface area contributed by atoms with Crippen LogP contribution in [0.15, 0.2) is 48.5 Å². The highest BCUT2D eigenvalue weighted by Crippen LogP contribution is 2.20. The minimum Gasteiger partial charge on any atom is -0.335 e. The molecule has 5 heteroatoms. The van der Waals surface area contributed by atoms with Gasteiger partial charge in [-0.1, -0.05) is 48.5 Å². The Hall–Kier alpha value is -2.21. The maximum absolute atomic E-state index is 13.2. The summed E-state index contributed by atoms with van der Waals surface area (Å²) in [4.78, 5) is 17.7. The Bertz CT molecular complexity index is 749. The zero-order valence-electron chi connectivity index (χ0n) is 16.8. The molecule has 1 fully saturated rings. The van der Waals surface area contributed by atoms with E-state index in [2.05, 4.69) is 41.1 Å². The monoisotopic (exact) mass is 380 g/mol. The third kappa shape index (κ3) is 5.41. The molecule has 0 spiro atoms. The smallest absolute Gasteiger partial charge is 0.227 e. The van der Waals surface area contributed by atoms with E-state index in [0.717, 1.165) is 48.2 Å². The van der Waals surface area contributed by atoms with Crippen LogP contribution >= 0.6 is 0 Å². The fraction of sp³-hybridized carbons (Fsp3) is 0.435.